The molecule has 1 aromatic rings. The summed E-state index contributed by atoms with van der Waals surface area (Å²) in [6.07, 6.45) is 2.73. The quantitative estimate of drug-likeness (QED) is 0.924. The van der Waals surface area contributed by atoms with Crippen molar-refractivity contribution in [2.24, 2.45) is 5.92 Å². The van der Waals surface area contributed by atoms with E-state index in [9.17, 15) is 13.2 Å². The Hall–Kier alpha value is -1.40. The molecule has 1 aromatic carbocycles. The zero-order valence-corrected chi connectivity index (χ0v) is 12.3. The molecule has 0 atom stereocenters. The van der Waals surface area contributed by atoms with E-state index in [-0.39, 0.29) is 10.5 Å². The van der Waals surface area contributed by atoms with E-state index in [4.69, 9.17) is 5.11 Å². The molecule has 0 aromatic heterocycles. The summed E-state index contributed by atoms with van der Waals surface area (Å²) in [5.41, 5.74) is -0.162. The first-order chi connectivity index (χ1) is 9.46. The molecule has 1 heterocycles. The second kappa shape index (κ2) is 5.93. The van der Waals surface area contributed by atoms with Crippen molar-refractivity contribution in [3.05, 3.63) is 29.8 Å². The van der Waals surface area contributed by atoms with Crippen LogP contribution in [0.1, 0.15) is 36.5 Å². The molecule has 20 heavy (non-hydrogen) atoms. The lowest BCUT2D eigenvalue weighted by atomic mass is 9.96. The average Bonchev–Trinajstić information content (AvgIpc) is 2.47. The Morgan fingerprint density at radius 3 is 2.45 bits per heavy atom. The van der Waals surface area contributed by atoms with E-state index in [1.54, 1.807) is 6.07 Å². The fraction of sp³-hybridized carbons (Fsp3) is 0.500. The second-order valence-corrected chi connectivity index (χ2v) is 6.96. The van der Waals surface area contributed by atoms with Crippen LogP contribution in [0, 0.1) is 5.92 Å². The molecule has 0 spiro atoms. The van der Waals surface area contributed by atoms with E-state index >= 15 is 0 Å². The second-order valence-electron chi connectivity index (χ2n) is 5.06. The highest BCUT2D eigenvalue weighted by atomic mass is 32.2. The standard InChI is InChI=1S/C14H19NO4S/c1-2-11-7-9-15(10-8-11)20(18,19)13-6-4-3-5-12(13)14(16)17/h3-6,11H,2,7-10H2,1H3,(H,16,17). The normalized spacial score (nSPS) is 18.1. The Balaban J connectivity index is 2.30. The van der Waals surface area contributed by atoms with Gasteiger partial charge in [0, 0.05) is 13.1 Å². The van der Waals surface area contributed by atoms with Crippen molar-refractivity contribution in [2.75, 3.05) is 13.1 Å². The number of carbonyl (C=O) groups is 1. The van der Waals surface area contributed by atoms with Crippen LogP contribution in [0.25, 0.3) is 0 Å². The Kier molecular flexibility index (Phi) is 4.45. The lowest BCUT2D eigenvalue weighted by Gasteiger charge is -2.30. The third kappa shape index (κ3) is 2.86. The molecular weight excluding hydrogens is 278 g/mol. The minimum absolute atomic E-state index is 0.109. The van der Waals surface area contributed by atoms with Gasteiger partial charge in [-0.25, -0.2) is 13.2 Å². The number of benzene rings is 1. The van der Waals surface area contributed by atoms with Crippen LogP contribution in [0.2, 0.25) is 0 Å². The molecule has 1 aliphatic heterocycles. The van der Waals surface area contributed by atoms with Gasteiger partial charge < -0.3 is 5.11 Å². The number of aromatic carboxylic acids is 1. The predicted molar refractivity (Wildman–Crippen MR) is 75.2 cm³/mol. The minimum Gasteiger partial charge on any atom is -0.478 e. The van der Waals surface area contributed by atoms with Gasteiger partial charge in [0.2, 0.25) is 10.0 Å². The highest BCUT2D eigenvalue weighted by Crippen LogP contribution is 2.26. The number of carboxylic acid groups (broad SMARTS) is 1. The number of hydrogen-bond acceptors (Lipinski definition) is 3. The van der Waals surface area contributed by atoms with Crippen molar-refractivity contribution in [3.63, 3.8) is 0 Å². The molecule has 6 heteroatoms. The molecule has 5 nitrogen and oxygen atoms in total. The summed E-state index contributed by atoms with van der Waals surface area (Å²) in [7, 11) is -3.72. The number of piperidine rings is 1. The Bertz CT molecular complexity index is 589. The van der Waals surface area contributed by atoms with Gasteiger partial charge in [0.25, 0.3) is 0 Å². The molecule has 0 bridgehead atoms. The van der Waals surface area contributed by atoms with Crippen molar-refractivity contribution in [2.45, 2.75) is 31.1 Å². The molecule has 0 amide bonds. The summed E-state index contributed by atoms with van der Waals surface area (Å²) in [5.74, 6) is -0.649. The summed E-state index contributed by atoms with van der Waals surface area (Å²) < 4.78 is 26.5. The molecule has 1 fully saturated rings. The van der Waals surface area contributed by atoms with Gasteiger partial charge in [0.15, 0.2) is 0 Å². The third-order valence-electron chi connectivity index (χ3n) is 3.89. The van der Waals surface area contributed by atoms with Crippen LogP contribution in [0.5, 0.6) is 0 Å². The van der Waals surface area contributed by atoms with Crippen LogP contribution in [0.15, 0.2) is 29.2 Å². The van der Waals surface area contributed by atoms with Crippen LogP contribution >= 0.6 is 0 Å². The van der Waals surface area contributed by atoms with Gasteiger partial charge in [-0.2, -0.15) is 4.31 Å². The molecule has 0 radical (unpaired) electrons. The summed E-state index contributed by atoms with van der Waals surface area (Å²) in [6, 6.07) is 5.78. The molecule has 0 saturated carbocycles. The summed E-state index contributed by atoms with van der Waals surface area (Å²) in [5, 5.41) is 9.12. The van der Waals surface area contributed by atoms with Crippen molar-refractivity contribution in [1.29, 1.82) is 0 Å². The zero-order chi connectivity index (χ0) is 14.8. The molecule has 2 rings (SSSR count). The first kappa shape index (κ1) is 15.0. The van der Waals surface area contributed by atoms with Gasteiger partial charge in [0.1, 0.15) is 0 Å². The van der Waals surface area contributed by atoms with Gasteiger partial charge in [-0.15, -0.1) is 0 Å². The first-order valence-electron chi connectivity index (χ1n) is 6.79. The summed E-state index contributed by atoms with van der Waals surface area (Å²) >= 11 is 0. The minimum atomic E-state index is -3.72. The molecule has 0 aliphatic carbocycles. The predicted octanol–water partition coefficient (Wildman–Crippen LogP) is 2.20. The number of rotatable bonds is 4. The Labute approximate surface area is 119 Å². The fourth-order valence-electron chi connectivity index (χ4n) is 2.57. The number of nitrogens with zero attached hydrogens (tertiary/aromatic N) is 1. The van der Waals surface area contributed by atoms with Crippen molar-refractivity contribution >= 4 is 16.0 Å². The first-order valence-corrected chi connectivity index (χ1v) is 8.23. The van der Waals surface area contributed by atoms with E-state index in [0.29, 0.717) is 19.0 Å². The molecule has 1 saturated heterocycles. The lowest BCUT2D eigenvalue weighted by molar-refractivity contribution is 0.0692. The molecular formula is C14H19NO4S. The number of carboxylic acids is 1. The van der Waals surface area contributed by atoms with E-state index in [1.807, 2.05) is 0 Å². The van der Waals surface area contributed by atoms with Crippen molar-refractivity contribution in [3.8, 4) is 0 Å². The van der Waals surface area contributed by atoms with E-state index < -0.39 is 16.0 Å². The van der Waals surface area contributed by atoms with E-state index in [2.05, 4.69) is 6.92 Å². The maximum atomic E-state index is 12.6. The van der Waals surface area contributed by atoms with Crippen LogP contribution in [0.3, 0.4) is 0 Å². The van der Waals surface area contributed by atoms with Crippen LogP contribution < -0.4 is 0 Å². The van der Waals surface area contributed by atoms with Gasteiger partial charge in [-0.1, -0.05) is 25.5 Å². The molecule has 1 aliphatic rings. The van der Waals surface area contributed by atoms with Gasteiger partial charge in [-0.05, 0) is 30.9 Å². The largest absolute Gasteiger partial charge is 0.478 e. The monoisotopic (exact) mass is 297 g/mol. The number of hydrogen-bond donors (Lipinski definition) is 1. The fourth-order valence-corrected chi connectivity index (χ4v) is 4.22. The lowest BCUT2D eigenvalue weighted by Crippen LogP contribution is -2.38. The van der Waals surface area contributed by atoms with E-state index in [0.717, 1.165) is 19.3 Å². The molecule has 1 N–H and O–H groups in total. The summed E-state index contributed by atoms with van der Waals surface area (Å²) in [6.45, 7) is 3.04. The highest BCUT2D eigenvalue weighted by Gasteiger charge is 2.31. The highest BCUT2D eigenvalue weighted by molar-refractivity contribution is 7.89. The van der Waals surface area contributed by atoms with Crippen LogP contribution in [-0.2, 0) is 10.0 Å². The molecule has 110 valence electrons. The van der Waals surface area contributed by atoms with Gasteiger partial charge in [0.05, 0.1) is 10.5 Å². The smallest absolute Gasteiger partial charge is 0.337 e. The topological polar surface area (TPSA) is 74.7 Å². The van der Waals surface area contributed by atoms with Crippen molar-refractivity contribution < 1.29 is 18.3 Å². The van der Waals surface area contributed by atoms with Crippen LogP contribution in [-0.4, -0.2) is 36.9 Å². The molecule has 0 unspecified atom stereocenters. The zero-order valence-electron chi connectivity index (χ0n) is 11.4. The maximum Gasteiger partial charge on any atom is 0.337 e. The SMILES string of the molecule is CCC1CCN(S(=O)(=O)c2ccccc2C(=O)O)CC1. The maximum absolute atomic E-state index is 12.6. The van der Waals surface area contributed by atoms with Gasteiger partial charge >= 0.3 is 5.97 Å². The van der Waals surface area contributed by atoms with Crippen molar-refractivity contribution in [1.82, 2.24) is 4.31 Å². The Morgan fingerprint density at radius 1 is 1.30 bits per heavy atom. The Morgan fingerprint density at radius 2 is 1.90 bits per heavy atom. The van der Waals surface area contributed by atoms with Crippen LogP contribution in [0.4, 0.5) is 0 Å². The van der Waals surface area contributed by atoms with E-state index in [1.165, 1.54) is 22.5 Å². The third-order valence-corrected chi connectivity index (χ3v) is 5.84. The number of sulfonamides is 1. The summed E-state index contributed by atoms with van der Waals surface area (Å²) in [4.78, 5) is 11.1. The van der Waals surface area contributed by atoms with Gasteiger partial charge in [-0.3, -0.25) is 0 Å². The average molecular weight is 297 g/mol.